The number of hydrogen-bond acceptors (Lipinski definition) is 5. The molecule has 0 rings (SSSR count). The second-order valence-corrected chi connectivity index (χ2v) is 4.96. The van der Waals surface area contributed by atoms with Crippen molar-refractivity contribution in [3.8, 4) is 0 Å². The lowest BCUT2D eigenvalue weighted by Crippen LogP contribution is -2.35. The molecule has 0 aliphatic carbocycles. The molecule has 0 radical (unpaired) electrons. The zero-order valence-electron chi connectivity index (χ0n) is 13.8. The lowest BCUT2D eigenvalue weighted by Gasteiger charge is -2.22. The number of carbonyl (C=O) groups excluding carboxylic acids is 1. The molecule has 0 spiro atoms. The van der Waals surface area contributed by atoms with Crippen molar-refractivity contribution in [1.29, 1.82) is 0 Å². The van der Waals surface area contributed by atoms with Crippen molar-refractivity contribution in [2.24, 2.45) is 0 Å². The van der Waals surface area contributed by atoms with E-state index in [9.17, 15) is 9.59 Å². The maximum Gasteiger partial charge on any atom is 0.305 e. The van der Waals surface area contributed by atoms with E-state index in [0.717, 1.165) is 19.4 Å². The number of aliphatic carboxylic acids is 1. The van der Waals surface area contributed by atoms with Crippen LogP contribution in [0.15, 0.2) is 0 Å². The molecule has 0 aliphatic rings. The fourth-order valence-corrected chi connectivity index (χ4v) is 1.75. The van der Waals surface area contributed by atoms with Gasteiger partial charge >= 0.3 is 5.97 Å². The Kier molecular flexibility index (Phi) is 14.0. The molecule has 0 aromatic heterocycles. The van der Waals surface area contributed by atoms with Crippen LogP contribution in [-0.4, -0.2) is 75.0 Å². The van der Waals surface area contributed by atoms with Crippen molar-refractivity contribution < 1.29 is 24.2 Å². The first-order valence-electron chi connectivity index (χ1n) is 7.91. The van der Waals surface area contributed by atoms with Crippen LogP contribution in [0.2, 0.25) is 0 Å². The second kappa shape index (κ2) is 14.7. The molecule has 0 aliphatic heterocycles. The number of carboxylic acids is 1. The molecule has 130 valence electrons. The number of carboxylic acid groups (broad SMARTS) is 1. The van der Waals surface area contributed by atoms with Crippen LogP contribution in [0.25, 0.3) is 0 Å². The van der Waals surface area contributed by atoms with E-state index in [4.69, 9.17) is 14.6 Å². The zero-order valence-corrected chi connectivity index (χ0v) is 13.8. The largest absolute Gasteiger partial charge is 0.481 e. The number of rotatable bonds is 15. The van der Waals surface area contributed by atoms with Gasteiger partial charge in [0.05, 0.1) is 32.8 Å². The van der Waals surface area contributed by atoms with E-state index >= 15 is 0 Å². The molecule has 0 atom stereocenters. The molecular formula is C15H30N2O5. The predicted octanol–water partition coefficient (Wildman–Crippen LogP) is 0.733. The van der Waals surface area contributed by atoms with Crippen LogP contribution in [0.3, 0.4) is 0 Å². The minimum absolute atomic E-state index is 0.00281. The van der Waals surface area contributed by atoms with Gasteiger partial charge in [-0.3, -0.25) is 9.59 Å². The third-order valence-electron chi connectivity index (χ3n) is 3.07. The summed E-state index contributed by atoms with van der Waals surface area (Å²) in [6, 6.07) is 0. The van der Waals surface area contributed by atoms with Crippen molar-refractivity contribution >= 4 is 11.9 Å². The fraction of sp³-hybridized carbons (Fsp3) is 0.867. The molecule has 0 bridgehead atoms. The molecule has 0 heterocycles. The van der Waals surface area contributed by atoms with Crippen LogP contribution in [0, 0.1) is 0 Å². The molecule has 0 fully saturated rings. The van der Waals surface area contributed by atoms with Crippen LogP contribution in [0.4, 0.5) is 0 Å². The zero-order chi connectivity index (χ0) is 16.6. The van der Waals surface area contributed by atoms with Gasteiger partial charge < -0.3 is 24.8 Å². The van der Waals surface area contributed by atoms with E-state index in [1.54, 1.807) is 4.90 Å². The van der Waals surface area contributed by atoms with Crippen molar-refractivity contribution in [3.63, 3.8) is 0 Å². The van der Waals surface area contributed by atoms with E-state index in [1.165, 1.54) is 0 Å². The van der Waals surface area contributed by atoms with E-state index in [0.29, 0.717) is 39.4 Å². The third-order valence-corrected chi connectivity index (χ3v) is 3.07. The number of nitrogens with one attached hydrogen (secondary N) is 1. The van der Waals surface area contributed by atoms with Crippen LogP contribution in [0.1, 0.15) is 32.6 Å². The summed E-state index contributed by atoms with van der Waals surface area (Å²) < 4.78 is 10.7. The highest BCUT2D eigenvalue weighted by atomic mass is 16.5. The van der Waals surface area contributed by atoms with Gasteiger partial charge in [-0.1, -0.05) is 13.3 Å². The standard InChI is InChI=1S/C15H30N2O5/c1-3-4-5-14(18)17(8-6-15(19)20)9-11-22-13-12-21-10-7-16-2/h16H,3-13H2,1-2H3,(H,19,20). The molecule has 0 saturated carbocycles. The smallest absolute Gasteiger partial charge is 0.305 e. The molecule has 0 unspecified atom stereocenters. The Hall–Kier alpha value is -1.18. The Bertz CT molecular complexity index is 300. The predicted molar refractivity (Wildman–Crippen MR) is 83.9 cm³/mol. The van der Waals surface area contributed by atoms with Gasteiger partial charge in [-0.15, -0.1) is 0 Å². The van der Waals surface area contributed by atoms with Gasteiger partial charge in [0.25, 0.3) is 0 Å². The van der Waals surface area contributed by atoms with Gasteiger partial charge in [-0.25, -0.2) is 0 Å². The molecule has 1 amide bonds. The summed E-state index contributed by atoms with van der Waals surface area (Å²) in [5.41, 5.74) is 0. The van der Waals surface area contributed by atoms with Gasteiger partial charge in [-0.2, -0.15) is 0 Å². The molecule has 22 heavy (non-hydrogen) atoms. The molecule has 7 nitrogen and oxygen atoms in total. The van der Waals surface area contributed by atoms with Gasteiger partial charge in [0, 0.05) is 26.1 Å². The highest BCUT2D eigenvalue weighted by molar-refractivity contribution is 5.77. The normalized spacial score (nSPS) is 10.6. The van der Waals surface area contributed by atoms with Crippen LogP contribution in [-0.2, 0) is 19.1 Å². The Morgan fingerprint density at radius 1 is 1.05 bits per heavy atom. The molecule has 0 saturated heterocycles. The van der Waals surface area contributed by atoms with Crippen molar-refractivity contribution in [1.82, 2.24) is 10.2 Å². The maximum atomic E-state index is 12.0. The van der Waals surface area contributed by atoms with Crippen LogP contribution >= 0.6 is 0 Å². The Morgan fingerprint density at radius 3 is 2.32 bits per heavy atom. The fourth-order valence-electron chi connectivity index (χ4n) is 1.75. The van der Waals surface area contributed by atoms with E-state index in [2.05, 4.69) is 5.32 Å². The number of ether oxygens (including phenoxy) is 2. The van der Waals surface area contributed by atoms with Crippen LogP contribution < -0.4 is 5.32 Å². The molecule has 0 aromatic rings. The minimum Gasteiger partial charge on any atom is -0.481 e. The third kappa shape index (κ3) is 12.6. The monoisotopic (exact) mass is 318 g/mol. The number of nitrogens with zero attached hydrogens (tertiary/aromatic N) is 1. The SMILES string of the molecule is CCCCC(=O)N(CCOCCOCCNC)CCC(=O)O. The van der Waals surface area contributed by atoms with Crippen molar-refractivity contribution in [2.45, 2.75) is 32.6 Å². The van der Waals surface area contributed by atoms with E-state index in [1.807, 2.05) is 14.0 Å². The summed E-state index contributed by atoms with van der Waals surface area (Å²) in [7, 11) is 1.86. The Morgan fingerprint density at radius 2 is 1.73 bits per heavy atom. The van der Waals surface area contributed by atoms with Crippen molar-refractivity contribution in [2.75, 3.05) is 53.1 Å². The summed E-state index contributed by atoms with van der Waals surface area (Å²) in [5, 5.41) is 11.7. The number of hydrogen-bond donors (Lipinski definition) is 2. The topological polar surface area (TPSA) is 88.1 Å². The summed E-state index contributed by atoms with van der Waals surface area (Å²) >= 11 is 0. The maximum absolute atomic E-state index is 12.0. The molecular weight excluding hydrogens is 288 g/mol. The Balaban J connectivity index is 3.86. The van der Waals surface area contributed by atoms with Crippen molar-refractivity contribution in [3.05, 3.63) is 0 Å². The molecule has 7 heteroatoms. The Labute approximate surface area is 133 Å². The van der Waals surface area contributed by atoms with Gasteiger partial charge in [0.15, 0.2) is 0 Å². The lowest BCUT2D eigenvalue weighted by atomic mass is 10.2. The highest BCUT2D eigenvalue weighted by Gasteiger charge is 2.14. The quantitative estimate of drug-likeness (QED) is 0.433. The second-order valence-electron chi connectivity index (χ2n) is 4.96. The van der Waals surface area contributed by atoms with Gasteiger partial charge in [-0.05, 0) is 13.5 Å². The van der Waals surface area contributed by atoms with Gasteiger partial charge in [0.1, 0.15) is 0 Å². The number of unbranched alkanes of at least 4 members (excludes halogenated alkanes) is 1. The molecule has 2 N–H and O–H groups in total. The number of likely N-dealkylation sites (N-methyl/N-ethyl adjacent to an activating group) is 1. The van der Waals surface area contributed by atoms with E-state index < -0.39 is 5.97 Å². The van der Waals surface area contributed by atoms with Crippen LogP contribution in [0.5, 0.6) is 0 Å². The molecule has 0 aromatic carbocycles. The first kappa shape index (κ1) is 20.8. The summed E-state index contributed by atoms with van der Waals surface area (Å²) in [4.78, 5) is 24.2. The lowest BCUT2D eigenvalue weighted by molar-refractivity contribution is -0.138. The summed E-state index contributed by atoms with van der Waals surface area (Å²) in [6.07, 6.45) is 2.19. The summed E-state index contributed by atoms with van der Waals surface area (Å²) in [6.45, 7) is 5.50. The average molecular weight is 318 g/mol. The highest BCUT2D eigenvalue weighted by Crippen LogP contribution is 2.02. The summed E-state index contributed by atoms with van der Waals surface area (Å²) in [5.74, 6) is -0.899. The van der Waals surface area contributed by atoms with Gasteiger partial charge in [0.2, 0.25) is 5.91 Å². The number of carbonyl (C=O) groups is 2. The average Bonchev–Trinajstić information content (AvgIpc) is 2.50. The van der Waals surface area contributed by atoms with E-state index in [-0.39, 0.29) is 18.9 Å². The number of amides is 1. The first-order chi connectivity index (χ1) is 10.6. The minimum atomic E-state index is -0.896. The first-order valence-corrected chi connectivity index (χ1v) is 7.91.